The van der Waals surface area contributed by atoms with Crippen molar-refractivity contribution in [1.29, 1.82) is 5.26 Å². The van der Waals surface area contributed by atoms with E-state index in [1.807, 2.05) is 12.1 Å². The third kappa shape index (κ3) is 1.78. The highest BCUT2D eigenvalue weighted by molar-refractivity contribution is 5.91. The van der Waals surface area contributed by atoms with Crippen LogP contribution in [-0.2, 0) is 0 Å². The molecule has 0 bridgehead atoms. The number of aromatic carboxylic acids is 1. The van der Waals surface area contributed by atoms with Gasteiger partial charge in [-0.3, -0.25) is 4.57 Å². The van der Waals surface area contributed by atoms with Crippen LogP contribution in [0.25, 0.3) is 16.7 Å². The summed E-state index contributed by atoms with van der Waals surface area (Å²) in [5.74, 6) is -1.12. The van der Waals surface area contributed by atoms with E-state index in [1.54, 1.807) is 41.1 Å². The molecule has 6 heteroatoms. The number of carboxylic acids is 1. The van der Waals surface area contributed by atoms with E-state index in [-0.39, 0.29) is 5.82 Å². The molecule has 0 saturated heterocycles. The van der Waals surface area contributed by atoms with Gasteiger partial charge in [-0.05, 0) is 24.3 Å². The molecule has 0 spiro atoms. The quantitative estimate of drug-likeness (QED) is 0.764. The van der Waals surface area contributed by atoms with Crippen LogP contribution in [0.15, 0.2) is 42.6 Å². The minimum absolute atomic E-state index is 0.295. The van der Waals surface area contributed by atoms with Crippen molar-refractivity contribution in [3.05, 3.63) is 54.1 Å². The standard InChI is InChI=1S/C14H8N4O2/c15-8-9-4-3-7-18(9)13-10-5-1-2-6-11(10)16-12(17-13)14(19)20/h1-7H,(H,19,20). The summed E-state index contributed by atoms with van der Waals surface area (Å²) in [5, 5.41) is 18.9. The fourth-order valence-electron chi connectivity index (χ4n) is 2.00. The molecular weight excluding hydrogens is 256 g/mol. The molecule has 2 aromatic heterocycles. The molecule has 20 heavy (non-hydrogen) atoms. The molecule has 2 heterocycles. The maximum Gasteiger partial charge on any atom is 0.374 e. The van der Waals surface area contributed by atoms with Gasteiger partial charge in [0.25, 0.3) is 0 Å². The van der Waals surface area contributed by atoms with E-state index in [0.717, 1.165) is 0 Å². The number of nitriles is 1. The van der Waals surface area contributed by atoms with Gasteiger partial charge in [0, 0.05) is 11.6 Å². The summed E-state index contributed by atoms with van der Waals surface area (Å²) in [4.78, 5) is 19.2. The first-order valence-corrected chi connectivity index (χ1v) is 5.78. The van der Waals surface area contributed by atoms with E-state index in [1.165, 1.54) is 0 Å². The predicted molar refractivity (Wildman–Crippen MR) is 70.5 cm³/mol. The Morgan fingerprint density at radius 1 is 1.20 bits per heavy atom. The van der Waals surface area contributed by atoms with E-state index in [0.29, 0.717) is 22.4 Å². The van der Waals surface area contributed by atoms with E-state index in [2.05, 4.69) is 9.97 Å². The zero-order valence-corrected chi connectivity index (χ0v) is 10.2. The summed E-state index contributed by atoms with van der Waals surface area (Å²) in [5.41, 5.74) is 0.901. The SMILES string of the molecule is N#Cc1cccn1-c1nc(C(=O)O)nc2ccccc12. The van der Waals surface area contributed by atoms with Crippen LogP contribution in [0.4, 0.5) is 0 Å². The number of fused-ring (bicyclic) bond motifs is 1. The molecule has 0 aliphatic rings. The number of benzene rings is 1. The third-order valence-electron chi connectivity index (χ3n) is 2.87. The average molecular weight is 264 g/mol. The molecule has 1 aromatic carbocycles. The minimum Gasteiger partial charge on any atom is -0.475 e. The van der Waals surface area contributed by atoms with Crippen molar-refractivity contribution in [2.24, 2.45) is 0 Å². The Morgan fingerprint density at radius 2 is 2.00 bits per heavy atom. The Kier molecular flexibility index (Phi) is 2.66. The highest BCUT2D eigenvalue weighted by atomic mass is 16.4. The largest absolute Gasteiger partial charge is 0.475 e. The summed E-state index contributed by atoms with van der Waals surface area (Å²) < 4.78 is 1.55. The first-order valence-electron chi connectivity index (χ1n) is 5.78. The van der Waals surface area contributed by atoms with Gasteiger partial charge >= 0.3 is 5.97 Å². The van der Waals surface area contributed by atoms with Crippen molar-refractivity contribution in [2.45, 2.75) is 0 Å². The molecule has 0 saturated carbocycles. The molecule has 0 aliphatic carbocycles. The normalized spacial score (nSPS) is 10.3. The number of rotatable bonds is 2. The summed E-state index contributed by atoms with van der Waals surface area (Å²) in [6.45, 7) is 0. The second-order valence-electron chi connectivity index (χ2n) is 4.07. The molecule has 0 atom stereocenters. The van der Waals surface area contributed by atoms with Gasteiger partial charge in [0.2, 0.25) is 5.82 Å². The third-order valence-corrected chi connectivity index (χ3v) is 2.87. The number of hydrogen-bond donors (Lipinski definition) is 1. The van der Waals surface area contributed by atoms with Crippen LogP contribution < -0.4 is 0 Å². The van der Waals surface area contributed by atoms with Crippen LogP contribution in [0.3, 0.4) is 0 Å². The fourth-order valence-corrected chi connectivity index (χ4v) is 2.00. The Morgan fingerprint density at radius 3 is 2.75 bits per heavy atom. The first kappa shape index (κ1) is 11.9. The second-order valence-corrected chi connectivity index (χ2v) is 4.07. The lowest BCUT2D eigenvalue weighted by Crippen LogP contribution is -2.09. The molecule has 96 valence electrons. The maximum atomic E-state index is 11.1. The van der Waals surface area contributed by atoms with E-state index in [9.17, 15) is 4.79 Å². The summed E-state index contributed by atoms with van der Waals surface area (Å²) in [6.07, 6.45) is 1.67. The lowest BCUT2D eigenvalue weighted by Gasteiger charge is -2.08. The van der Waals surface area contributed by atoms with Gasteiger partial charge in [0.05, 0.1) is 5.52 Å². The monoisotopic (exact) mass is 264 g/mol. The molecule has 0 fully saturated rings. The number of nitrogens with zero attached hydrogens (tertiary/aromatic N) is 4. The van der Waals surface area contributed by atoms with Gasteiger partial charge in [-0.2, -0.15) is 5.26 Å². The van der Waals surface area contributed by atoms with Crippen LogP contribution >= 0.6 is 0 Å². The Hall–Kier alpha value is -3.20. The van der Waals surface area contributed by atoms with Crippen molar-refractivity contribution < 1.29 is 9.90 Å². The van der Waals surface area contributed by atoms with Crippen LogP contribution in [0, 0.1) is 11.3 Å². The van der Waals surface area contributed by atoms with Crippen LogP contribution in [0.2, 0.25) is 0 Å². The van der Waals surface area contributed by atoms with Crippen LogP contribution in [-0.4, -0.2) is 25.6 Å². The second kappa shape index (κ2) is 4.48. The lowest BCUT2D eigenvalue weighted by molar-refractivity contribution is 0.0684. The van der Waals surface area contributed by atoms with Gasteiger partial charge in [0.15, 0.2) is 0 Å². The highest BCUT2D eigenvalue weighted by Crippen LogP contribution is 2.21. The van der Waals surface area contributed by atoms with E-state index in [4.69, 9.17) is 10.4 Å². The van der Waals surface area contributed by atoms with Crippen LogP contribution in [0.1, 0.15) is 16.3 Å². The van der Waals surface area contributed by atoms with Crippen LogP contribution in [0.5, 0.6) is 0 Å². The zero-order chi connectivity index (χ0) is 14.1. The molecule has 1 N–H and O–H groups in total. The van der Waals surface area contributed by atoms with E-state index >= 15 is 0 Å². The minimum atomic E-state index is -1.21. The fraction of sp³-hybridized carbons (Fsp3) is 0. The molecule has 3 aromatic rings. The molecule has 0 aliphatic heterocycles. The molecule has 0 unspecified atom stereocenters. The lowest BCUT2D eigenvalue weighted by atomic mass is 10.2. The molecular formula is C14H8N4O2. The van der Waals surface area contributed by atoms with Crippen molar-refractivity contribution in [3.8, 4) is 11.9 Å². The first-order chi connectivity index (χ1) is 9.70. The van der Waals surface area contributed by atoms with Crippen molar-refractivity contribution >= 4 is 16.9 Å². The summed E-state index contributed by atoms with van der Waals surface area (Å²) in [6, 6.07) is 12.5. The van der Waals surface area contributed by atoms with Gasteiger partial charge in [-0.1, -0.05) is 12.1 Å². The number of hydrogen-bond acceptors (Lipinski definition) is 4. The molecule has 0 amide bonds. The summed E-state index contributed by atoms with van der Waals surface area (Å²) in [7, 11) is 0. The zero-order valence-electron chi connectivity index (χ0n) is 10.2. The Labute approximate surface area is 113 Å². The van der Waals surface area contributed by atoms with Gasteiger partial charge in [0.1, 0.15) is 17.6 Å². The smallest absolute Gasteiger partial charge is 0.374 e. The number of para-hydroxylation sites is 1. The predicted octanol–water partition coefficient (Wildman–Crippen LogP) is 1.99. The average Bonchev–Trinajstić information content (AvgIpc) is 2.94. The number of aromatic nitrogens is 3. The number of carboxylic acid groups (broad SMARTS) is 1. The maximum absolute atomic E-state index is 11.1. The number of carbonyl (C=O) groups is 1. The van der Waals surface area contributed by atoms with Crippen molar-refractivity contribution in [3.63, 3.8) is 0 Å². The van der Waals surface area contributed by atoms with Gasteiger partial charge < -0.3 is 5.11 Å². The van der Waals surface area contributed by atoms with Crippen molar-refractivity contribution in [1.82, 2.24) is 14.5 Å². The highest BCUT2D eigenvalue weighted by Gasteiger charge is 2.15. The molecule has 3 rings (SSSR count). The Balaban J connectivity index is 2.39. The molecule has 6 nitrogen and oxygen atoms in total. The van der Waals surface area contributed by atoms with Gasteiger partial charge in [-0.15, -0.1) is 0 Å². The molecule has 0 radical (unpaired) electrons. The Bertz CT molecular complexity index is 861. The van der Waals surface area contributed by atoms with Crippen molar-refractivity contribution in [2.75, 3.05) is 0 Å². The van der Waals surface area contributed by atoms with Gasteiger partial charge in [-0.25, -0.2) is 14.8 Å². The summed E-state index contributed by atoms with van der Waals surface area (Å²) >= 11 is 0. The topological polar surface area (TPSA) is 91.8 Å². The van der Waals surface area contributed by atoms with E-state index < -0.39 is 5.97 Å².